The number of nitrogens with zero attached hydrogens (tertiary/aromatic N) is 2. The fraction of sp³-hybridized carbons (Fsp3) is 0.115. The van der Waals surface area contributed by atoms with Crippen LogP contribution in [0, 0.1) is 0 Å². The Hall–Kier alpha value is -6.38. The Bertz CT molecular complexity index is 2610. The highest BCUT2D eigenvalue weighted by Gasteiger charge is 2.36. The number of hydrogen-bond donors (Lipinski definition) is 0. The first kappa shape index (κ1) is 33.5. The van der Waals surface area contributed by atoms with Crippen LogP contribution < -0.4 is 4.90 Å². The second-order valence-electron chi connectivity index (χ2n) is 14.9. The first-order chi connectivity index (χ1) is 26.5. The summed E-state index contributed by atoms with van der Waals surface area (Å²) in [4.78, 5) is 2.40. The third kappa shape index (κ3) is 5.49. The lowest BCUT2D eigenvalue weighted by molar-refractivity contribution is 0.660. The highest BCUT2D eigenvalue weighted by atomic mass is 15.1. The Labute approximate surface area is 319 Å². The summed E-state index contributed by atoms with van der Waals surface area (Å²) in [6.45, 7) is 10.9. The fourth-order valence-corrected chi connectivity index (χ4v) is 8.94. The topological polar surface area (TPSA) is 8.17 Å². The first-order valence-electron chi connectivity index (χ1n) is 19.0. The molecule has 2 heteroatoms. The molecule has 0 fully saturated rings. The van der Waals surface area contributed by atoms with E-state index < -0.39 is 0 Å². The van der Waals surface area contributed by atoms with Crippen LogP contribution in [0.5, 0.6) is 0 Å². The van der Waals surface area contributed by atoms with Crippen molar-refractivity contribution in [3.05, 3.63) is 216 Å². The maximum absolute atomic E-state index is 4.09. The van der Waals surface area contributed by atoms with Crippen LogP contribution in [-0.4, -0.2) is 4.57 Å². The van der Waals surface area contributed by atoms with Crippen molar-refractivity contribution in [3.63, 3.8) is 0 Å². The Morgan fingerprint density at radius 1 is 0.704 bits per heavy atom. The lowest BCUT2D eigenvalue weighted by Crippen LogP contribution is -2.16. The molecule has 2 nitrogen and oxygen atoms in total. The molecular weight excluding hydrogens is 653 g/mol. The average Bonchev–Trinajstić information content (AvgIpc) is 3.67. The zero-order chi connectivity index (χ0) is 36.8. The predicted octanol–water partition coefficient (Wildman–Crippen LogP) is 14.1. The maximum Gasteiger partial charge on any atom is 0.0537 e. The van der Waals surface area contributed by atoms with Crippen LogP contribution in [-0.2, 0) is 5.41 Å². The van der Waals surface area contributed by atoms with Crippen molar-refractivity contribution in [1.82, 2.24) is 4.57 Å². The van der Waals surface area contributed by atoms with Gasteiger partial charge in [0.05, 0.1) is 5.52 Å². The van der Waals surface area contributed by atoms with Gasteiger partial charge in [-0.3, -0.25) is 0 Å². The number of anilines is 3. The van der Waals surface area contributed by atoms with Gasteiger partial charge in [-0.05, 0) is 113 Å². The van der Waals surface area contributed by atoms with Gasteiger partial charge in [-0.1, -0.05) is 142 Å². The van der Waals surface area contributed by atoms with Crippen molar-refractivity contribution in [3.8, 4) is 11.1 Å². The molecule has 262 valence electrons. The molecule has 2 aliphatic carbocycles. The number of rotatable bonds is 8. The van der Waals surface area contributed by atoms with Crippen LogP contribution in [0.3, 0.4) is 0 Å². The summed E-state index contributed by atoms with van der Waals surface area (Å²) in [7, 11) is 0. The van der Waals surface area contributed by atoms with Crippen LogP contribution >= 0.6 is 0 Å². The molecule has 0 saturated carbocycles. The molecule has 0 spiro atoms. The highest BCUT2D eigenvalue weighted by molar-refractivity contribution is 6.01. The standard InChI is InChI=1S/C52H44N2/c1-5-17-39(18-6-2)54-50-26-16-14-24-45(50)47-34-38(36-19-9-7-10-20-36)33-46(51(47)54)37-27-29-41(30-28-37)53(40-21-11-8-12-22-40)42-31-32-44-43-23-13-15-25-48(43)52(3,4)49(44)35-42/h5-32,34-35,46H,1,33H2,2-4H3/b18-6-,39-17+. The largest absolute Gasteiger partial charge is 0.312 e. The molecule has 2 aliphatic rings. The highest BCUT2D eigenvalue weighted by Crippen LogP contribution is 2.51. The van der Waals surface area contributed by atoms with Crippen LogP contribution in [0.1, 0.15) is 66.6 Å². The molecule has 1 unspecified atom stereocenters. The van der Waals surface area contributed by atoms with Crippen LogP contribution in [0.4, 0.5) is 17.1 Å². The Morgan fingerprint density at radius 2 is 1.35 bits per heavy atom. The number of benzene rings is 6. The van der Waals surface area contributed by atoms with Gasteiger partial charge < -0.3 is 9.47 Å². The van der Waals surface area contributed by atoms with Gasteiger partial charge in [0.2, 0.25) is 0 Å². The number of para-hydroxylation sites is 2. The monoisotopic (exact) mass is 696 g/mol. The van der Waals surface area contributed by atoms with Crippen LogP contribution in [0.2, 0.25) is 0 Å². The van der Waals surface area contributed by atoms with E-state index in [1.165, 1.54) is 61.1 Å². The third-order valence-corrected chi connectivity index (χ3v) is 11.4. The summed E-state index contributed by atoms with van der Waals surface area (Å²) in [5.41, 5.74) is 17.6. The molecule has 9 rings (SSSR count). The normalized spacial score (nSPS) is 15.8. The van der Waals surface area contributed by atoms with Crippen molar-refractivity contribution in [2.24, 2.45) is 0 Å². The summed E-state index contributed by atoms with van der Waals surface area (Å²) in [6, 6.07) is 55.7. The minimum Gasteiger partial charge on any atom is -0.312 e. The van der Waals surface area contributed by atoms with Crippen molar-refractivity contribution >= 4 is 45.3 Å². The second kappa shape index (κ2) is 13.5. The lowest BCUT2D eigenvalue weighted by atomic mass is 9.80. The van der Waals surface area contributed by atoms with E-state index in [1.54, 1.807) is 0 Å². The van der Waals surface area contributed by atoms with E-state index in [0.717, 1.165) is 29.2 Å². The van der Waals surface area contributed by atoms with Gasteiger partial charge in [-0.2, -0.15) is 0 Å². The summed E-state index contributed by atoms with van der Waals surface area (Å²) in [5.74, 6) is 0.129. The average molecular weight is 697 g/mol. The van der Waals surface area contributed by atoms with Gasteiger partial charge in [0, 0.05) is 50.7 Å². The summed E-state index contributed by atoms with van der Waals surface area (Å²) in [5, 5.41) is 1.26. The quantitative estimate of drug-likeness (QED) is 0.144. The van der Waals surface area contributed by atoms with Crippen molar-refractivity contribution in [1.29, 1.82) is 0 Å². The summed E-state index contributed by atoms with van der Waals surface area (Å²) in [6.07, 6.45) is 11.7. The van der Waals surface area contributed by atoms with Gasteiger partial charge in [-0.15, -0.1) is 0 Å². The molecule has 54 heavy (non-hydrogen) atoms. The molecule has 1 heterocycles. The predicted molar refractivity (Wildman–Crippen MR) is 231 cm³/mol. The second-order valence-corrected chi connectivity index (χ2v) is 14.9. The van der Waals surface area contributed by atoms with Crippen molar-refractivity contribution in [2.45, 2.75) is 38.5 Å². The molecule has 0 radical (unpaired) electrons. The molecule has 0 aliphatic heterocycles. The fourth-order valence-electron chi connectivity index (χ4n) is 8.94. The van der Waals surface area contributed by atoms with Crippen molar-refractivity contribution in [2.75, 3.05) is 4.90 Å². The smallest absolute Gasteiger partial charge is 0.0537 e. The zero-order valence-electron chi connectivity index (χ0n) is 31.2. The molecule has 0 bridgehead atoms. The number of hydrogen-bond acceptors (Lipinski definition) is 1. The minimum atomic E-state index is -0.0822. The van der Waals surface area contributed by atoms with Gasteiger partial charge in [0.25, 0.3) is 0 Å². The minimum absolute atomic E-state index is 0.0822. The van der Waals surface area contributed by atoms with Crippen LogP contribution in [0.25, 0.3) is 39.4 Å². The Balaban J connectivity index is 1.19. The van der Waals surface area contributed by atoms with E-state index >= 15 is 0 Å². The van der Waals surface area contributed by atoms with Gasteiger partial charge in [0.1, 0.15) is 0 Å². The first-order valence-corrected chi connectivity index (χ1v) is 19.0. The Kier molecular flexibility index (Phi) is 8.39. The molecule has 6 aromatic carbocycles. The van der Waals surface area contributed by atoms with Crippen LogP contribution in [0.15, 0.2) is 183 Å². The molecule has 1 atom stereocenters. The van der Waals surface area contributed by atoms with E-state index in [4.69, 9.17) is 0 Å². The Morgan fingerprint density at radius 3 is 2.11 bits per heavy atom. The van der Waals surface area contributed by atoms with E-state index in [1.807, 2.05) is 6.08 Å². The lowest BCUT2D eigenvalue weighted by Gasteiger charge is -2.30. The summed E-state index contributed by atoms with van der Waals surface area (Å²) < 4.78 is 2.46. The van der Waals surface area contributed by atoms with Crippen molar-refractivity contribution < 1.29 is 0 Å². The maximum atomic E-state index is 4.09. The van der Waals surface area contributed by atoms with E-state index in [9.17, 15) is 0 Å². The molecule has 0 saturated heterocycles. The molecule has 0 N–H and O–H groups in total. The van der Waals surface area contributed by atoms with E-state index in [0.29, 0.717) is 0 Å². The van der Waals surface area contributed by atoms with E-state index in [-0.39, 0.29) is 11.3 Å². The molecule has 7 aromatic rings. The summed E-state index contributed by atoms with van der Waals surface area (Å²) >= 11 is 0. The molecule has 1 aromatic heterocycles. The number of aromatic nitrogens is 1. The van der Waals surface area contributed by atoms with E-state index in [2.05, 4.69) is 213 Å². The SMILES string of the molecule is C=C/C=C(\C=C/C)n1c2c(c3ccccc31)C=C(c1ccccc1)CC2c1ccc(N(c2ccccc2)c2ccc3c(c2)C(C)(C)c2ccccc2-3)cc1. The number of fused-ring (bicyclic) bond motifs is 6. The third-order valence-electron chi connectivity index (χ3n) is 11.4. The molecular formula is C52H44N2. The van der Waals surface area contributed by atoms with Gasteiger partial charge in [0.15, 0.2) is 0 Å². The zero-order valence-corrected chi connectivity index (χ0v) is 31.2. The number of allylic oxidation sites excluding steroid dienone is 6. The van der Waals surface area contributed by atoms with Gasteiger partial charge in [-0.25, -0.2) is 0 Å². The van der Waals surface area contributed by atoms with Gasteiger partial charge >= 0.3 is 0 Å². The molecule has 0 amide bonds.